The number of carbonyl (C=O) groups is 1. The Labute approximate surface area is 139 Å². The number of carbonyl (C=O) groups excluding carboxylic acids is 1. The summed E-state index contributed by atoms with van der Waals surface area (Å²) in [6.07, 6.45) is -0.157. The van der Waals surface area contributed by atoms with Crippen molar-refractivity contribution in [1.29, 1.82) is 0 Å². The number of hydrogen-bond acceptors (Lipinski definition) is 5. The average molecular weight is 349 g/mol. The normalized spacial score (nSPS) is 11.2. The summed E-state index contributed by atoms with van der Waals surface area (Å²) >= 11 is 0. The number of benzene rings is 1. The van der Waals surface area contributed by atoms with Crippen LogP contribution >= 0.6 is 0 Å². The fourth-order valence-electron chi connectivity index (χ4n) is 1.95. The SMILES string of the molecule is O=C(Nc1ccccc1OC(F)(F)F)c1ccc(-n2ccnc2)nn1. The first-order valence-electron chi connectivity index (χ1n) is 6.90. The van der Waals surface area contributed by atoms with Crippen molar-refractivity contribution in [3.63, 3.8) is 0 Å². The molecule has 2 heterocycles. The molecule has 0 aliphatic carbocycles. The topological polar surface area (TPSA) is 81.9 Å². The predicted octanol–water partition coefficient (Wildman–Crippen LogP) is 2.81. The number of amides is 1. The second-order valence-corrected chi connectivity index (χ2v) is 4.74. The van der Waals surface area contributed by atoms with Gasteiger partial charge in [-0.3, -0.25) is 9.36 Å². The number of aromatic nitrogens is 4. The van der Waals surface area contributed by atoms with Crippen molar-refractivity contribution in [2.45, 2.75) is 6.36 Å². The van der Waals surface area contributed by atoms with Crippen molar-refractivity contribution >= 4 is 11.6 Å². The highest BCUT2D eigenvalue weighted by atomic mass is 19.4. The number of ether oxygens (including phenoxy) is 1. The summed E-state index contributed by atoms with van der Waals surface area (Å²) < 4.78 is 42.6. The van der Waals surface area contributed by atoms with Crippen molar-refractivity contribution in [3.05, 3.63) is 60.8 Å². The van der Waals surface area contributed by atoms with Crippen molar-refractivity contribution in [2.75, 3.05) is 5.32 Å². The van der Waals surface area contributed by atoms with E-state index in [0.29, 0.717) is 5.82 Å². The molecule has 3 rings (SSSR count). The first-order valence-corrected chi connectivity index (χ1v) is 6.90. The van der Waals surface area contributed by atoms with Crippen LogP contribution in [0.1, 0.15) is 10.5 Å². The highest BCUT2D eigenvalue weighted by molar-refractivity contribution is 6.03. The first-order chi connectivity index (χ1) is 11.9. The van der Waals surface area contributed by atoms with Crippen molar-refractivity contribution in [3.8, 4) is 11.6 Å². The molecule has 1 N–H and O–H groups in total. The smallest absolute Gasteiger partial charge is 0.404 e. The van der Waals surface area contributed by atoms with Crippen LogP contribution in [0.2, 0.25) is 0 Å². The molecule has 0 aliphatic rings. The van der Waals surface area contributed by atoms with Crippen LogP contribution in [0.3, 0.4) is 0 Å². The Morgan fingerprint density at radius 1 is 1.12 bits per heavy atom. The van der Waals surface area contributed by atoms with Gasteiger partial charge < -0.3 is 10.1 Å². The van der Waals surface area contributed by atoms with Gasteiger partial charge in [-0.05, 0) is 24.3 Å². The Kier molecular flexibility index (Phi) is 4.33. The van der Waals surface area contributed by atoms with Crippen LogP contribution < -0.4 is 10.1 Å². The second-order valence-electron chi connectivity index (χ2n) is 4.74. The Morgan fingerprint density at radius 2 is 1.92 bits per heavy atom. The van der Waals surface area contributed by atoms with Gasteiger partial charge in [0, 0.05) is 12.4 Å². The third-order valence-corrected chi connectivity index (χ3v) is 3.01. The molecule has 0 atom stereocenters. The van der Waals surface area contributed by atoms with Gasteiger partial charge in [0.15, 0.2) is 17.3 Å². The number of alkyl halides is 3. The number of anilines is 1. The van der Waals surface area contributed by atoms with Gasteiger partial charge in [-0.2, -0.15) is 0 Å². The number of halogens is 3. The molecule has 7 nitrogen and oxygen atoms in total. The van der Waals surface area contributed by atoms with E-state index in [0.717, 1.165) is 6.07 Å². The van der Waals surface area contributed by atoms with E-state index in [1.165, 1.54) is 36.7 Å². The van der Waals surface area contributed by atoms with Crippen LogP contribution in [0, 0.1) is 0 Å². The molecular weight excluding hydrogens is 339 g/mol. The zero-order valence-corrected chi connectivity index (χ0v) is 12.4. The van der Waals surface area contributed by atoms with E-state index in [-0.39, 0.29) is 11.4 Å². The molecule has 1 aromatic carbocycles. The van der Waals surface area contributed by atoms with Gasteiger partial charge in [-0.1, -0.05) is 12.1 Å². The van der Waals surface area contributed by atoms with Gasteiger partial charge in [0.1, 0.15) is 6.33 Å². The van der Waals surface area contributed by atoms with Gasteiger partial charge >= 0.3 is 6.36 Å². The molecule has 0 aliphatic heterocycles. The van der Waals surface area contributed by atoms with E-state index in [1.54, 1.807) is 17.0 Å². The predicted molar refractivity (Wildman–Crippen MR) is 80.2 cm³/mol. The average Bonchev–Trinajstić information content (AvgIpc) is 3.10. The van der Waals surface area contributed by atoms with Crippen LogP contribution in [-0.4, -0.2) is 32.0 Å². The number of nitrogens with one attached hydrogen (secondary N) is 1. The Balaban J connectivity index is 1.77. The van der Waals surface area contributed by atoms with Crippen LogP contribution in [0.4, 0.5) is 18.9 Å². The van der Waals surface area contributed by atoms with Gasteiger partial charge in [0.05, 0.1) is 5.69 Å². The van der Waals surface area contributed by atoms with E-state index < -0.39 is 18.0 Å². The minimum absolute atomic E-state index is 0.0642. The van der Waals surface area contributed by atoms with E-state index >= 15 is 0 Å². The summed E-state index contributed by atoms with van der Waals surface area (Å²) in [6.45, 7) is 0. The first kappa shape index (κ1) is 16.4. The molecule has 0 bridgehead atoms. The van der Waals surface area contributed by atoms with Gasteiger partial charge in [-0.25, -0.2) is 4.98 Å². The van der Waals surface area contributed by atoms with E-state index in [2.05, 4.69) is 25.2 Å². The fourth-order valence-corrected chi connectivity index (χ4v) is 1.95. The Hall–Kier alpha value is -3.43. The van der Waals surface area contributed by atoms with Crippen LogP contribution in [0.15, 0.2) is 55.1 Å². The summed E-state index contributed by atoms with van der Waals surface area (Å²) in [5, 5.41) is 9.95. The van der Waals surface area contributed by atoms with Crippen LogP contribution in [0.5, 0.6) is 5.75 Å². The summed E-state index contributed by atoms with van der Waals surface area (Å²) in [7, 11) is 0. The fraction of sp³-hybridized carbons (Fsp3) is 0.0667. The maximum atomic E-state index is 12.4. The molecular formula is C15H10F3N5O2. The molecule has 0 saturated carbocycles. The minimum Gasteiger partial charge on any atom is -0.404 e. The van der Waals surface area contributed by atoms with E-state index in [9.17, 15) is 18.0 Å². The summed E-state index contributed by atoms with van der Waals surface area (Å²) in [4.78, 5) is 16.0. The number of hydrogen-bond donors (Lipinski definition) is 1. The Bertz CT molecular complexity index is 864. The monoisotopic (exact) mass is 349 g/mol. The molecule has 0 saturated heterocycles. The van der Waals surface area contributed by atoms with Crippen LogP contribution in [-0.2, 0) is 0 Å². The molecule has 25 heavy (non-hydrogen) atoms. The Morgan fingerprint density at radius 3 is 2.56 bits per heavy atom. The maximum absolute atomic E-state index is 12.4. The van der Waals surface area contributed by atoms with E-state index in [4.69, 9.17) is 0 Å². The molecule has 1 amide bonds. The number of para-hydroxylation sites is 2. The highest BCUT2D eigenvalue weighted by Gasteiger charge is 2.32. The summed E-state index contributed by atoms with van der Waals surface area (Å²) in [5.74, 6) is -0.802. The summed E-state index contributed by atoms with van der Waals surface area (Å²) in [5.41, 5.74) is -0.198. The molecule has 2 aromatic heterocycles. The lowest BCUT2D eigenvalue weighted by Gasteiger charge is -2.13. The molecule has 0 fully saturated rings. The zero-order valence-electron chi connectivity index (χ0n) is 12.4. The van der Waals surface area contributed by atoms with Crippen molar-refractivity contribution in [2.24, 2.45) is 0 Å². The molecule has 128 valence electrons. The number of imidazole rings is 1. The minimum atomic E-state index is -4.87. The summed E-state index contributed by atoms with van der Waals surface area (Å²) in [6, 6.07) is 8.12. The van der Waals surface area contributed by atoms with Gasteiger partial charge in [-0.15, -0.1) is 23.4 Å². The van der Waals surface area contributed by atoms with Crippen molar-refractivity contribution < 1.29 is 22.7 Å². The van der Waals surface area contributed by atoms with Crippen molar-refractivity contribution in [1.82, 2.24) is 19.7 Å². The van der Waals surface area contributed by atoms with E-state index in [1.807, 2.05) is 0 Å². The largest absolute Gasteiger partial charge is 0.573 e. The molecule has 0 radical (unpaired) electrons. The third-order valence-electron chi connectivity index (χ3n) is 3.01. The standard InChI is InChI=1S/C15H10F3N5O2/c16-15(17,18)25-12-4-2-1-3-10(12)20-14(24)11-5-6-13(22-21-11)23-8-7-19-9-23/h1-9H,(H,20,24). The molecule has 0 spiro atoms. The van der Waals surface area contributed by atoms with Gasteiger partial charge in [0.2, 0.25) is 0 Å². The third kappa shape index (κ3) is 4.10. The molecule has 10 heteroatoms. The lowest BCUT2D eigenvalue weighted by molar-refractivity contribution is -0.274. The van der Waals surface area contributed by atoms with Crippen LogP contribution in [0.25, 0.3) is 5.82 Å². The second kappa shape index (κ2) is 6.59. The highest BCUT2D eigenvalue weighted by Crippen LogP contribution is 2.30. The zero-order chi connectivity index (χ0) is 17.9. The number of rotatable bonds is 4. The number of nitrogens with zero attached hydrogens (tertiary/aromatic N) is 4. The van der Waals surface area contributed by atoms with Gasteiger partial charge in [0.25, 0.3) is 5.91 Å². The lowest BCUT2D eigenvalue weighted by Crippen LogP contribution is -2.20. The maximum Gasteiger partial charge on any atom is 0.573 e. The lowest BCUT2D eigenvalue weighted by atomic mass is 10.2. The molecule has 3 aromatic rings. The molecule has 0 unspecified atom stereocenters. The quantitative estimate of drug-likeness (QED) is 0.783.